The van der Waals surface area contributed by atoms with Gasteiger partial charge in [0.15, 0.2) is 0 Å². The van der Waals surface area contributed by atoms with E-state index in [0.29, 0.717) is 0 Å². The molecular formula is C4H4Cl2N2. The standard InChI is InChI=1S/C4H4Cl2N2/c5-4(6)3-7-1-2-8-4/h1-3,8H. The van der Waals surface area contributed by atoms with E-state index in [2.05, 4.69) is 10.3 Å². The van der Waals surface area contributed by atoms with E-state index in [1.54, 1.807) is 12.4 Å². The summed E-state index contributed by atoms with van der Waals surface area (Å²) in [5.74, 6) is 0. The van der Waals surface area contributed by atoms with Crippen LogP contribution in [0.4, 0.5) is 0 Å². The second kappa shape index (κ2) is 1.96. The average Bonchev–Trinajstić information content (AvgIpc) is 1.65. The Hall–Kier alpha value is -0.210. The summed E-state index contributed by atoms with van der Waals surface area (Å²) >= 11 is 11.1. The predicted molar refractivity (Wildman–Crippen MR) is 35.2 cm³/mol. The van der Waals surface area contributed by atoms with E-state index in [1.807, 2.05) is 0 Å². The Morgan fingerprint density at radius 3 is 2.50 bits per heavy atom. The first-order valence-corrected chi connectivity index (χ1v) is 2.81. The summed E-state index contributed by atoms with van der Waals surface area (Å²) in [5, 5.41) is 2.66. The zero-order chi connectivity index (χ0) is 6.04. The summed E-state index contributed by atoms with van der Waals surface area (Å²) in [4.78, 5) is 3.70. The second-order valence-electron chi connectivity index (χ2n) is 1.36. The van der Waals surface area contributed by atoms with Crippen molar-refractivity contribution < 1.29 is 0 Å². The molecule has 0 aromatic heterocycles. The van der Waals surface area contributed by atoms with Gasteiger partial charge in [0.25, 0.3) is 0 Å². The fourth-order valence-electron chi connectivity index (χ4n) is 0.365. The zero-order valence-corrected chi connectivity index (χ0v) is 5.45. The normalized spacial score (nSPS) is 22.8. The summed E-state index contributed by atoms with van der Waals surface area (Å²) in [5.41, 5.74) is 0. The number of halogens is 2. The molecule has 0 spiro atoms. The molecule has 0 aromatic rings. The van der Waals surface area contributed by atoms with Crippen LogP contribution in [-0.2, 0) is 0 Å². The highest BCUT2D eigenvalue weighted by atomic mass is 35.5. The molecule has 1 N–H and O–H groups in total. The molecule has 0 aromatic carbocycles. The van der Waals surface area contributed by atoms with Gasteiger partial charge in [-0.15, -0.1) is 0 Å². The molecule has 0 aliphatic carbocycles. The van der Waals surface area contributed by atoms with Gasteiger partial charge in [-0.2, -0.15) is 0 Å². The number of nitrogens with zero attached hydrogens (tertiary/aromatic N) is 1. The van der Waals surface area contributed by atoms with Crippen LogP contribution in [0.1, 0.15) is 0 Å². The largest absolute Gasteiger partial charge is 0.355 e. The summed E-state index contributed by atoms with van der Waals surface area (Å²) in [6.07, 6.45) is 4.57. The number of hydrogen-bond donors (Lipinski definition) is 1. The fourth-order valence-corrected chi connectivity index (χ4v) is 0.604. The van der Waals surface area contributed by atoms with Crippen LogP contribution in [0.5, 0.6) is 0 Å². The smallest absolute Gasteiger partial charge is 0.224 e. The monoisotopic (exact) mass is 150 g/mol. The van der Waals surface area contributed by atoms with E-state index < -0.39 is 4.46 Å². The summed E-state index contributed by atoms with van der Waals surface area (Å²) in [7, 11) is 0. The van der Waals surface area contributed by atoms with Crippen molar-refractivity contribution in [3.8, 4) is 0 Å². The molecule has 0 saturated carbocycles. The van der Waals surface area contributed by atoms with Crippen LogP contribution in [-0.4, -0.2) is 10.7 Å². The van der Waals surface area contributed by atoms with Gasteiger partial charge in [0.1, 0.15) is 0 Å². The van der Waals surface area contributed by atoms with Crippen LogP contribution < -0.4 is 5.32 Å². The number of alkyl halides is 2. The van der Waals surface area contributed by atoms with E-state index in [9.17, 15) is 0 Å². The van der Waals surface area contributed by atoms with Gasteiger partial charge in [-0.3, -0.25) is 4.99 Å². The molecule has 0 radical (unpaired) electrons. The van der Waals surface area contributed by atoms with Crippen molar-refractivity contribution in [2.75, 3.05) is 0 Å². The minimum atomic E-state index is -1.01. The van der Waals surface area contributed by atoms with Crippen molar-refractivity contribution in [3.05, 3.63) is 12.4 Å². The van der Waals surface area contributed by atoms with E-state index in [4.69, 9.17) is 23.2 Å². The van der Waals surface area contributed by atoms with Crippen LogP contribution in [0.2, 0.25) is 0 Å². The molecule has 1 heterocycles. The molecule has 2 nitrogen and oxygen atoms in total. The summed E-state index contributed by atoms with van der Waals surface area (Å²) in [6.45, 7) is 0. The third kappa shape index (κ3) is 1.39. The molecule has 1 aliphatic heterocycles. The maximum atomic E-state index is 5.53. The topological polar surface area (TPSA) is 24.4 Å². The van der Waals surface area contributed by atoms with Crippen LogP contribution in [0.25, 0.3) is 0 Å². The minimum Gasteiger partial charge on any atom is -0.355 e. The molecule has 44 valence electrons. The van der Waals surface area contributed by atoms with Gasteiger partial charge in [-0.05, 0) is 0 Å². The highest BCUT2D eigenvalue weighted by Gasteiger charge is 2.19. The quantitative estimate of drug-likeness (QED) is 0.409. The highest BCUT2D eigenvalue weighted by molar-refractivity contribution is 6.55. The maximum Gasteiger partial charge on any atom is 0.224 e. The van der Waals surface area contributed by atoms with Gasteiger partial charge < -0.3 is 5.32 Å². The molecule has 0 unspecified atom stereocenters. The van der Waals surface area contributed by atoms with Crippen molar-refractivity contribution in [2.45, 2.75) is 4.46 Å². The molecule has 0 atom stereocenters. The Morgan fingerprint density at radius 2 is 2.25 bits per heavy atom. The van der Waals surface area contributed by atoms with Crippen LogP contribution >= 0.6 is 23.2 Å². The Bertz CT molecular complexity index is 139. The second-order valence-corrected chi connectivity index (χ2v) is 2.75. The van der Waals surface area contributed by atoms with Gasteiger partial charge >= 0.3 is 0 Å². The third-order valence-corrected chi connectivity index (χ3v) is 1.09. The van der Waals surface area contributed by atoms with E-state index >= 15 is 0 Å². The molecule has 1 aliphatic rings. The molecule has 0 amide bonds. The Morgan fingerprint density at radius 1 is 1.50 bits per heavy atom. The number of rotatable bonds is 0. The summed E-state index contributed by atoms with van der Waals surface area (Å²) < 4.78 is -1.01. The molecule has 0 fully saturated rings. The number of aliphatic imine (C=N–C) groups is 1. The zero-order valence-electron chi connectivity index (χ0n) is 3.94. The lowest BCUT2D eigenvalue weighted by Gasteiger charge is -2.15. The van der Waals surface area contributed by atoms with Crippen LogP contribution in [0, 0.1) is 0 Å². The average molecular weight is 151 g/mol. The van der Waals surface area contributed by atoms with Gasteiger partial charge in [0.05, 0.1) is 6.21 Å². The highest BCUT2D eigenvalue weighted by Crippen LogP contribution is 2.15. The fraction of sp³-hybridized carbons (Fsp3) is 0.250. The first kappa shape index (κ1) is 5.92. The Labute approximate surface area is 57.2 Å². The van der Waals surface area contributed by atoms with E-state index in [0.717, 1.165) is 0 Å². The van der Waals surface area contributed by atoms with Gasteiger partial charge in [-0.1, -0.05) is 23.2 Å². The Balaban J connectivity index is 2.65. The van der Waals surface area contributed by atoms with Crippen LogP contribution in [0.15, 0.2) is 17.4 Å². The minimum absolute atomic E-state index is 1.01. The molecule has 1 rings (SSSR count). The molecule has 4 heteroatoms. The van der Waals surface area contributed by atoms with Crippen molar-refractivity contribution in [1.82, 2.24) is 5.32 Å². The van der Waals surface area contributed by atoms with Crippen molar-refractivity contribution in [2.24, 2.45) is 4.99 Å². The lowest BCUT2D eigenvalue weighted by Crippen LogP contribution is -2.32. The van der Waals surface area contributed by atoms with Crippen molar-refractivity contribution >= 4 is 29.4 Å². The predicted octanol–water partition coefficient (Wildman–Crippen LogP) is 1.26. The Kier molecular flexibility index (Phi) is 1.45. The van der Waals surface area contributed by atoms with Gasteiger partial charge in [0.2, 0.25) is 4.46 Å². The molecule has 8 heavy (non-hydrogen) atoms. The maximum absolute atomic E-state index is 5.53. The lowest BCUT2D eigenvalue weighted by atomic mass is 10.6. The SMILES string of the molecule is ClC1(Cl)C=NC=CN1. The number of hydrogen-bond acceptors (Lipinski definition) is 2. The summed E-state index contributed by atoms with van der Waals surface area (Å²) in [6, 6.07) is 0. The van der Waals surface area contributed by atoms with Gasteiger partial charge in [-0.25, -0.2) is 0 Å². The van der Waals surface area contributed by atoms with E-state index in [1.165, 1.54) is 6.21 Å². The van der Waals surface area contributed by atoms with E-state index in [-0.39, 0.29) is 0 Å². The lowest BCUT2D eigenvalue weighted by molar-refractivity contribution is 0.877. The van der Waals surface area contributed by atoms with Gasteiger partial charge in [0, 0.05) is 12.4 Å². The first-order valence-electron chi connectivity index (χ1n) is 2.06. The van der Waals surface area contributed by atoms with Crippen LogP contribution in [0.3, 0.4) is 0 Å². The molecule has 0 saturated heterocycles. The molecular weight excluding hydrogens is 147 g/mol. The molecule has 0 bridgehead atoms. The third-order valence-electron chi connectivity index (χ3n) is 0.673. The first-order chi connectivity index (χ1) is 3.71. The number of nitrogens with one attached hydrogen (secondary N) is 1. The van der Waals surface area contributed by atoms with Crippen molar-refractivity contribution in [1.29, 1.82) is 0 Å². The van der Waals surface area contributed by atoms with Crippen molar-refractivity contribution in [3.63, 3.8) is 0 Å².